The first-order valence-electron chi connectivity index (χ1n) is 5.71. The molecule has 2 aromatic rings. The van der Waals surface area contributed by atoms with Gasteiger partial charge < -0.3 is 10.1 Å². The van der Waals surface area contributed by atoms with Crippen molar-refractivity contribution in [1.82, 2.24) is 9.97 Å². The summed E-state index contributed by atoms with van der Waals surface area (Å²) in [4.78, 5) is 8.07. The summed E-state index contributed by atoms with van der Waals surface area (Å²) in [6, 6.07) is 7.92. The van der Waals surface area contributed by atoms with Crippen LogP contribution in [-0.2, 0) is 6.54 Å². The largest absolute Gasteiger partial charge is 0.494 e. The number of benzene rings is 1. The lowest BCUT2D eigenvalue weighted by Gasteiger charge is -2.07. The second-order valence-corrected chi connectivity index (χ2v) is 4.05. The molecule has 0 aliphatic heterocycles. The van der Waals surface area contributed by atoms with E-state index in [1.54, 1.807) is 6.20 Å². The molecule has 0 bridgehead atoms. The van der Waals surface area contributed by atoms with Crippen molar-refractivity contribution in [2.24, 2.45) is 0 Å². The molecule has 0 fully saturated rings. The highest BCUT2D eigenvalue weighted by Crippen LogP contribution is 2.14. The molecule has 0 saturated heterocycles. The van der Waals surface area contributed by atoms with Gasteiger partial charge in [0.2, 0.25) is 0 Å². The van der Waals surface area contributed by atoms with Gasteiger partial charge in [-0.1, -0.05) is 23.7 Å². The zero-order chi connectivity index (χ0) is 12.8. The fourth-order valence-corrected chi connectivity index (χ4v) is 1.68. The molecule has 0 aliphatic rings. The summed E-state index contributed by atoms with van der Waals surface area (Å²) in [7, 11) is 0. The first-order valence-corrected chi connectivity index (χ1v) is 6.09. The molecular weight excluding hydrogens is 250 g/mol. The van der Waals surface area contributed by atoms with Crippen molar-refractivity contribution in [3.63, 3.8) is 0 Å². The monoisotopic (exact) mass is 263 g/mol. The second-order valence-electron chi connectivity index (χ2n) is 3.66. The van der Waals surface area contributed by atoms with Gasteiger partial charge in [-0.2, -0.15) is 0 Å². The minimum Gasteiger partial charge on any atom is -0.494 e. The van der Waals surface area contributed by atoms with Gasteiger partial charge in [0.1, 0.15) is 16.7 Å². The Balaban J connectivity index is 1.99. The summed E-state index contributed by atoms with van der Waals surface area (Å²) in [5.41, 5.74) is 1.11. The minimum atomic E-state index is 0.378. The predicted molar refractivity (Wildman–Crippen MR) is 72.0 cm³/mol. The van der Waals surface area contributed by atoms with Gasteiger partial charge in [-0.15, -0.1) is 0 Å². The van der Waals surface area contributed by atoms with Crippen LogP contribution in [0.5, 0.6) is 5.75 Å². The third-order valence-corrected chi connectivity index (χ3v) is 2.47. The van der Waals surface area contributed by atoms with Crippen LogP contribution in [0, 0.1) is 0 Å². The van der Waals surface area contributed by atoms with Gasteiger partial charge in [-0.25, -0.2) is 4.98 Å². The lowest BCUT2D eigenvalue weighted by atomic mass is 10.2. The Hall–Kier alpha value is -1.81. The van der Waals surface area contributed by atoms with E-state index in [2.05, 4.69) is 15.3 Å². The van der Waals surface area contributed by atoms with Gasteiger partial charge in [-0.05, 0) is 24.6 Å². The van der Waals surface area contributed by atoms with E-state index in [1.165, 1.54) is 6.20 Å². The van der Waals surface area contributed by atoms with Crippen LogP contribution < -0.4 is 10.1 Å². The maximum Gasteiger partial charge on any atom is 0.149 e. The highest BCUT2D eigenvalue weighted by molar-refractivity contribution is 6.29. The predicted octanol–water partition coefficient (Wildman–Crippen LogP) is 3.14. The smallest absolute Gasteiger partial charge is 0.149 e. The number of rotatable bonds is 5. The van der Waals surface area contributed by atoms with Crippen molar-refractivity contribution in [2.45, 2.75) is 13.5 Å². The van der Waals surface area contributed by atoms with Crippen molar-refractivity contribution in [3.8, 4) is 5.75 Å². The topological polar surface area (TPSA) is 47.0 Å². The molecule has 0 amide bonds. The van der Waals surface area contributed by atoms with E-state index in [0.29, 0.717) is 24.1 Å². The maximum absolute atomic E-state index is 5.76. The number of hydrogen-bond acceptors (Lipinski definition) is 4. The molecule has 18 heavy (non-hydrogen) atoms. The number of nitrogens with one attached hydrogen (secondary N) is 1. The number of anilines is 1. The third-order valence-electron chi connectivity index (χ3n) is 2.29. The van der Waals surface area contributed by atoms with Crippen molar-refractivity contribution >= 4 is 17.4 Å². The van der Waals surface area contributed by atoms with Crippen LogP contribution in [0.2, 0.25) is 5.15 Å². The number of hydrogen-bond donors (Lipinski definition) is 1. The molecular formula is C13H14ClN3O. The first-order chi connectivity index (χ1) is 8.78. The summed E-state index contributed by atoms with van der Waals surface area (Å²) in [6.45, 7) is 3.28. The molecule has 0 spiro atoms. The third kappa shape index (κ3) is 3.60. The summed E-state index contributed by atoms with van der Waals surface area (Å²) >= 11 is 5.76. The van der Waals surface area contributed by atoms with Crippen LogP contribution in [0.1, 0.15) is 12.5 Å². The van der Waals surface area contributed by atoms with E-state index >= 15 is 0 Å². The summed E-state index contributed by atoms with van der Waals surface area (Å²) < 4.78 is 5.44. The average Bonchev–Trinajstić information content (AvgIpc) is 2.37. The van der Waals surface area contributed by atoms with Crippen LogP contribution in [0.15, 0.2) is 36.7 Å². The Bertz CT molecular complexity index is 519. The van der Waals surface area contributed by atoms with Gasteiger partial charge in [-0.3, -0.25) is 4.98 Å². The van der Waals surface area contributed by atoms with Crippen LogP contribution in [0.4, 0.5) is 5.82 Å². The Kier molecular flexibility index (Phi) is 4.36. The lowest BCUT2D eigenvalue weighted by molar-refractivity contribution is 0.340. The lowest BCUT2D eigenvalue weighted by Crippen LogP contribution is -2.02. The van der Waals surface area contributed by atoms with E-state index in [0.717, 1.165) is 11.3 Å². The van der Waals surface area contributed by atoms with Crippen LogP contribution in [0.3, 0.4) is 0 Å². The van der Waals surface area contributed by atoms with E-state index in [1.807, 2.05) is 31.2 Å². The average molecular weight is 264 g/mol. The van der Waals surface area contributed by atoms with Crippen molar-refractivity contribution < 1.29 is 4.74 Å². The zero-order valence-corrected chi connectivity index (χ0v) is 10.8. The van der Waals surface area contributed by atoms with E-state index in [-0.39, 0.29) is 0 Å². The number of halogens is 1. The fourth-order valence-electron chi connectivity index (χ4n) is 1.53. The maximum atomic E-state index is 5.76. The molecule has 4 nitrogen and oxygen atoms in total. The zero-order valence-electron chi connectivity index (χ0n) is 10.1. The standard InChI is InChI=1S/C13H14ClN3O/c1-2-18-11-5-3-4-10(6-11)7-16-13-9-15-8-12(14)17-13/h3-6,8-9H,2,7H2,1H3,(H,16,17). The number of aromatic nitrogens is 2. The molecule has 5 heteroatoms. The summed E-state index contributed by atoms with van der Waals surface area (Å²) in [5, 5.41) is 3.54. The minimum absolute atomic E-state index is 0.378. The van der Waals surface area contributed by atoms with Crippen molar-refractivity contribution in [1.29, 1.82) is 0 Å². The SMILES string of the molecule is CCOc1cccc(CNc2cncc(Cl)n2)c1. The number of nitrogens with zero attached hydrogens (tertiary/aromatic N) is 2. The normalized spacial score (nSPS) is 10.1. The van der Waals surface area contributed by atoms with E-state index < -0.39 is 0 Å². The highest BCUT2D eigenvalue weighted by atomic mass is 35.5. The molecule has 1 heterocycles. The van der Waals surface area contributed by atoms with Gasteiger partial charge in [0.25, 0.3) is 0 Å². The van der Waals surface area contributed by atoms with Gasteiger partial charge in [0, 0.05) is 6.54 Å². The van der Waals surface area contributed by atoms with Gasteiger partial charge in [0.15, 0.2) is 0 Å². The number of ether oxygens (including phenoxy) is 1. The fraction of sp³-hybridized carbons (Fsp3) is 0.231. The van der Waals surface area contributed by atoms with Crippen molar-refractivity contribution in [2.75, 3.05) is 11.9 Å². The Morgan fingerprint density at radius 3 is 3.00 bits per heavy atom. The summed E-state index contributed by atoms with van der Waals surface area (Å²) in [5.74, 6) is 1.53. The Morgan fingerprint density at radius 2 is 2.22 bits per heavy atom. The van der Waals surface area contributed by atoms with Crippen LogP contribution >= 0.6 is 11.6 Å². The van der Waals surface area contributed by atoms with Gasteiger partial charge >= 0.3 is 0 Å². The Morgan fingerprint density at radius 1 is 1.33 bits per heavy atom. The molecule has 0 radical (unpaired) electrons. The quantitative estimate of drug-likeness (QED) is 0.900. The van der Waals surface area contributed by atoms with Crippen LogP contribution in [0.25, 0.3) is 0 Å². The molecule has 94 valence electrons. The summed E-state index contributed by atoms with van der Waals surface area (Å²) in [6.07, 6.45) is 3.14. The molecule has 2 rings (SSSR count). The second kappa shape index (κ2) is 6.21. The molecule has 1 aromatic heterocycles. The molecule has 0 atom stereocenters. The molecule has 0 unspecified atom stereocenters. The molecule has 0 saturated carbocycles. The highest BCUT2D eigenvalue weighted by Gasteiger charge is 1.99. The van der Waals surface area contributed by atoms with Crippen LogP contribution in [-0.4, -0.2) is 16.6 Å². The molecule has 1 N–H and O–H groups in total. The van der Waals surface area contributed by atoms with Crippen molar-refractivity contribution in [3.05, 3.63) is 47.4 Å². The Labute approximate surface area is 111 Å². The van der Waals surface area contributed by atoms with Gasteiger partial charge in [0.05, 0.1) is 19.0 Å². The first kappa shape index (κ1) is 12.6. The molecule has 0 aliphatic carbocycles. The molecule has 1 aromatic carbocycles. The van der Waals surface area contributed by atoms with E-state index in [4.69, 9.17) is 16.3 Å². The van der Waals surface area contributed by atoms with E-state index in [9.17, 15) is 0 Å².